The fourth-order valence-corrected chi connectivity index (χ4v) is 3.08. The summed E-state index contributed by atoms with van der Waals surface area (Å²) in [6.07, 6.45) is 2.19. The van der Waals surface area contributed by atoms with Crippen molar-refractivity contribution in [1.82, 2.24) is 4.98 Å². The number of aromatic nitrogens is 1. The molecular weight excluding hydrogens is 208 g/mol. The van der Waals surface area contributed by atoms with Crippen LogP contribution in [-0.4, -0.2) is 4.98 Å². The molecule has 4 rings (SSSR count). The molecule has 1 atom stereocenters. The molecule has 0 bridgehead atoms. The van der Waals surface area contributed by atoms with Crippen molar-refractivity contribution >= 4 is 21.8 Å². The molecule has 0 fully saturated rings. The molecule has 2 aromatic carbocycles. The number of para-hydroxylation sites is 1. The van der Waals surface area contributed by atoms with Crippen molar-refractivity contribution in [2.24, 2.45) is 5.73 Å². The highest BCUT2D eigenvalue weighted by atomic mass is 14.7. The second kappa shape index (κ2) is 3.11. The molecule has 1 aromatic heterocycles. The minimum Gasteiger partial charge on any atom is -0.354 e. The maximum atomic E-state index is 6.21. The number of aromatic amines is 1. The summed E-state index contributed by atoms with van der Waals surface area (Å²) in [4.78, 5) is 3.53. The lowest BCUT2D eigenvalue weighted by atomic mass is 10.0. The Hall–Kier alpha value is -1.80. The van der Waals surface area contributed by atoms with Crippen molar-refractivity contribution in [3.05, 3.63) is 47.5 Å². The van der Waals surface area contributed by atoms with Crippen LogP contribution in [0.25, 0.3) is 21.8 Å². The molecule has 0 amide bonds. The molecule has 84 valence electrons. The van der Waals surface area contributed by atoms with Gasteiger partial charge in [0.05, 0.1) is 5.52 Å². The Bertz CT molecular complexity index is 724. The first-order valence-electron chi connectivity index (χ1n) is 6.12. The minimum absolute atomic E-state index is 0.196. The van der Waals surface area contributed by atoms with E-state index in [4.69, 9.17) is 5.73 Å². The van der Waals surface area contributed by atoms with E-state index < -0.39 is 0 Å². The number of benzene rings is 2. The summed E-state index contributed by atoms with van der Waals surface area (Å²) >= 11 is 0. The minimum atomic E-state index is 0.196. The molecular formula is C15H14N2. The number of hydrogen-bond donors (Lipinski definition) is 2. The molecule has 3 aromatic rings. The van der Waals surface area contributed by atoms with Gasteiger partial charge in [0.25, 0.3) is 0 Å². The van der Waals surface area contributed by atoms with Crippen LogP contribution in [0.2, 0.25) is 0 Å². The van der Waals surface area contributed by atoms with E-state index in [1.807, 2.05) is 0 Å². The van der Waals surface area contributed by atoms with E-state index in [0.717, 1.165) is 12.8 Å². The van der Waals surface area contributed by atoms with Crippen LogP contribution in [0.3, 0.4) is 0 Å². The van der Waals surface area contributed by atoms with Crippen molar-refractivity contribution in [3.63, 3.8) is 0 Å². The normalized spacial score (nSPS) is 19.0. The van der Waals surface area contributed by atoms with Gasteiger partial charge in [0, 0.05) is 22.3 Å². The number of hydrogen-bond acceptors (Lipinski definition) is 1. The monoisotopic (exact) mass is 222 g/mol. The summed E-state index contributed by atoms with van der Waals surface area (Å²) in [5, 5.41) is 2.60. The molecule has 2 heteroatoms. The highest BCUT2D eigenvalue weighted by Gasteiger charge is 2.22. The Morgan fingerprint density at radius 1 is 1.06 bits per heavy atom. The lowest BCUT2D eigenvalue weighted by molar-refractivity contribution is 0.716. The third kappa shape index (κ3) is 1.13. The predicted octanol–water partition coefficient (Wildman–Crippen LogP) is 3.27. The standard InChI is InChI=1S/C15H14N2/c16-12-8-6-9-5-7-11-10-3-1-2-4-13(10)17-15(11)14(9)12/h1-5,7,12,17H,6,8,16H2. The second-order valence-corrected chi connectivity index (χ2v) is 4.88. The summed E-state index contributed by atoms with van der Waals surface area (Å²) < 4.78 is 0. The van der Waals surface area contributed by atoms with E-state index in [1.54, 1.807) is 0 Å². The Morgan fingerprint density at radius 3 is 2.88 bits per heavy atom. The van der Waals surface area contributed by atoms with Gasteiger partial charge in [-0.3, -0.25) is 0 Å². The Balaban J connectivity index is 2.22. The van der Waals surface area contributed by atoms with Crippen LogP contribution in [0.4, 0.5) is 0 Å². The number of nitrogens with one attached hydrogen (secondary N) is 1. The molecule has 0 aliphatic heterocycles. The number of aryl methyl sites for hydroxylation is 1. The largest absolute Gasteiger partial charge is 0.354 e. The average Bonchev–Trinajstić information content (AvgIpc) is 2.90. The summed E-state index contributed by atoms with van der Waals surface area (Å²) in [6.45, 7) is 0. The van der Waals surface area contributed by atoms with E-state index in [2.05, 4.69) is 41.4 Å². The third-order valence-corrected chi connectivity index (χ3v) is 3.91. The zero-order chi connectivity index (χ0) is 11.4. The summed E-state index contributed by atoms with van der Waals surface area (Å²) in [5.74, 6) is 0. The molecule has 0 radical (unpaired) electrons. The predicted molar refractivity (Wildman–Crippen MR) is 71.1 cm³/mol. The van der Waals surface area contributed by atoms with Crippen molar-refractivity contribution < 1.29 is 0 Å². The molecule has 1 unspecified atom stereocenters. The maximum Gasteiger partial charge on any atom is 0.0516 e. The van der Waals surface area contributed by atoms with Crippen LogP contribution >= 0.6 is 0 Å². The lowest BCUT2D eigenvalue weighted by Crippen LogP contribution is -2.05. The van der Waals surface area contributed by atoms with Crippen molar-refractivity contribution in [3.8, 4) is 0 Å². The Kier molecular flexibility index (Phi) is 1.69. The molecule has 1 heterocycles. The van der Waals surface area contributed by atoms with Crippen LogP contribution < -0.4 is 5.73 Å². The van der Waals surface area contributed by atoms with Gasteiger partial charge in [-0.05, 0) is 30.0 Å². The fourth-order valence-electron chi connectivity index (χ4n) is 3.08. The molecule has 2 nitrogen and oxygen atoms in total. The van der Waals surface area contributed by atoms with Crippen LogP contribution in [0, 0.1) is 0 Å². The highest BCUT2D eigenvalue weighted by molar-refractivity contribution is 6.08. The fraction of sp³-hybridized carbons (Fsp3) is 0.200. The topological polar surface area (TPSA) is 41.8 Å². The van der Waals surface area contributed by atoms with Crippen molar-refractivity contribution in [1.29, 1.82) is 0 Å². The van der Waals surface area contributed by atoms with Gasteiger partial charge in [0.15, 0.2) is 0 Å². The summed E-state index contributed by atoms with van der Waals surface area (Å²) in [7, 11) is 0. The second-order valence-electron chi connectivity index (χ2n) is 4.88. The van der Waals surface area contributed by atoms with Crippen LogP contribution in [0.1, 0.15) is 23.6 Å². The average molecular weight is 222 g/mol. The van der Waals surface area contributed by atoms with Gasteiger partial charge in [0.1, 0.15) is 0 Å². The molecule has 0 saturated heterocycles. The molecule has 17 heavy (non-hydrogen) atoms. The highest BCUT2D eigenvalue weighted by Crippen LogP contribution is 2.37. The van der Waals surface area contributed by atoms with Crippen molar-refractivity contribution in [2.45, 2.75) is 18.9 Å². The zero-order valence-corrected chi connectivity index (χ0v) is 9.53. The van der Waals surface area contributed by atoms with Gasteiger partial charge >= 0.3 is 0 Å². The maximum absolute atomic E-state index is 6.21. The number of H-pyrrole nitrogens is 1. The van der Waals surface area contributed by atoms with Gasteiger partial charge < -0.3 is 10.7 Å². The Labute approximate surface area is 99.4 Å². The smallest absolute Gasteiger partial charge is 0.0516 e. The molecule has 1 aliphatic rings. The number of rotatable bonds is 0. The first kappa shape index (κ1) is 9.25. The van der Waals surface area contributed by atoms with E-state index >= 15 is 0 Å². The van der Waals surface area contributed by atoms with E-state index in [0.29, 0.717) is 0 Å². The molecule has 0 saturated carbocycles. The van der Waals surface area contributed by atoms with Gasteiger partial charge in [-0.2, -0.15) is 0 Å². The van der Waals surface area contributed by atoms with Gasteiger partial charge in [-0.25, -0.2) is 0 Å². The zero-order valence-electron chi connectivity index (χ0n) is 9.53. The Morgan fingerprint density at radius 2 is 1.94 bits per heavy atom. The van der Waals surface area contributed by atoms with Crippen LogP contribution in [0.15, 0.2) is 36.4 Å². The summed E-state index contributed by atoms with van der Waals surface area (Å²) in [5.41, 5.74) is 11.4. The van der Waals surface area contributed by atoms with Gasteiger partial charge in [-0.1, -0.05) is 30.3 Å². The first-order valence-corrected chi connectivity index (χ1v) is 6.12. The SMILES string of the molecule is NC1CCc2ccc3c([nH]c4ccccc43)c21. The van der Waals surface area contributed by atoms with Gasteiger partial charge in [-0.15, -0.1) is 0 Å². The van der Waals surface area contributed by atoms with E-state index in [9.17, 15) is 0 Å². The lowest BCUT2D eigenvalue weighted by Gasteiger charge is -2.06. The first-order chi connectivity index (χ1) is 8.34. The van der Waals surface area contributed by atoms with Crippen LogP contribution in [-0.2, 0) is 6.42 Å². The molecule has 3 N–H and O–H groups in total. The van der Waals surface area contributed by atoms with E-state index in [1.165, 1.54) is 32.9 Å². The summed E-state index contributed by atoms with van der Waals surface area (Å²) in [6, 6.07) is 13.1. The number of nitrogens with two attached hydrogens (primary N) is 1. The van der Waals surface area contributed by atoms with Crippen molar-refractivity contribution in [2.75, 3.05) is 0 Å². The molecule has 1 aliphatic carbocycles. The quantitative estimate of drug-likeness (QED) is 0.602. The van der Waals surface area contributed by atoms with Gasteiger partial charge in [0.2, 0.25) is 0 Å². The molecule has 0 spiro atoms. The van der Waals surface area contributed by atoms with E-state index in [-0.39, 0.29) is 6.04 Å². The number of fused-ring (bicyclic) bond motifs is 5. The third-order valence-electron chi connectivity index (χ3n) is 3.91. The van der Waals surface area contributed by atoms with Crippen LogP contribution in [0.5, 0.6) is 0 Å².